The average molecular weight is 541 g/mol. The van der Waals surface area contributed by atoms with Gasteiger partial charge in [0.15, 0.2) is 6.10 Å². The van der Waals surface area contributed by atoms with E-state index < -0.39 is 18.0 Å². The minimum atomic E-state index is -0.830. The fourth-order valence-electron chi connectivity index (χ4n) is 4.42. The molecule has 1 aliphatic rings. The summed E-state index contributed by atoms with van der Waals surface area (Å²) < 4.78 is 23.1. The second kappa shape index (κ2) is 12.6. The number of nitrogens with zero attached hydrogens (tertiary/aromatic N) is 1. The molecule has 0 saturated carbocycles. The predicted molar refractivity (Wildman–Crippen MR) is 153 cm³/mol. The molecule has 0 radical (unpaired) electrons. The highest BCUT2D eigenvalue weighted by atomic mass is 16.6. The van der Waals surface area contributed by atoms with Crippen LogP contribution in [0.2, 0.25) is 0 Å². The summed E-state index contributed by atoms with van der Waals surface area (Å²) in [6.07, 6.45) is 0.110. The number of nitriles is 1. The molecule has 1 heterocycles. The van der Waals surface area contributed by atoms with Crippen LogP contribution in [0.3, 0.4) is 0 Å². The first kappa shape index (κ1) is 28.6. The lowest BCUT2D eigenvalue weighted by Crippen LogP contribution is -2.28. The van der Waals surface area contributed by atoms with Crippen LogP contribution in [0.5, 0.6) is 23.0 Å². The summed E-state index contributed by atoms with van der Waals surface area (Å²) in [5.74, 6) is 1.95. The van der Waals surface area contributed by atoms with Crippen LogP contribution in [0.25, 0.3) is 0 Å². The van der Waals surface area contributed by atoms with Crippen molar-refractivity contribution in [2.24, 2.45) is 11.7 Å². The Labute approximate surface area is 236 Å². The van der Waals surface area contributed by atoms with Gasteiger partial charge in [-0.3, -0.25) is 0 Å². The molecule has 3 aromatic rings. The van der Waals surface area contributed by atoms with Gasteiger partial charge in [0.25, 0.3) is 0 Å². The van der Waals surface area contributed by atoms with Gasteiger partial charge in [0.05, 0.1) is 12.5 Å². The van der Waals surface area contributed by atoms with Crippen molar-refractivity contribution in [2.45, 2.75) is 59.0 Å². The Balaban J connectivity index is 1.52. The van der Waals surface area contributed by atoms with Crippen molar-refractivity contribution in [1.29, 1.82) is 5.26 Å². The molecule has 4 rings (SSSR count). The van der Waals surface area contributed by atoms with Crippen LogP contribution in [0, 0.1) is 17.2 Å². The Bertz CT molecular complexity index is 1420. The lowest BCUT2D eigenvalue weighted by Gasteiger charge is -2.27. The molecule has 3 aromatic carbocycles. The van der Waals surface area contributed by atoms with E-state index >= 15 is 0 Å². The van der Waals surface area contributed by atoms with E-state index in [1.54, 1.807) is 25.1 Å². The summed E-state index contributed by atoms with van der Waals surface area (Å²) in [6, 6.07) is 22.6. The van der Waals surface area contributed by atoms with Crippen molar-refractivity contribution in [3.8, 4) is 29.1 Å². The summed E-state index contributed by atoms with van der Waals surface area (Å²) in [7, 11) is 0. The molecule has 0 amide bonds. The van der Waals surface area contributed by atoms with E-state index in [0.717, 1.165) is 23.3 Å². The molecule has 7 nitrogen and oxygen atoms in total. The number of hydrogen-bond donors (Lipinski definition) is 1. The summed E-state index contributed by atoms with van der Waals surface area (Å²) in [5, 5.41) is 9.91. The van der Waals surface area contributed by atoms with E-state index in [4.69, 9.17) is 24.7 Å². The van der Waals surface area contributed by atoms with E-state index in [9.17, 15) is 10.1 Å². The topological polar surface area (TPSA) is 104 Å². The van der Waals surface area contributed by atoms with E-state index in [1.165, 1.54) is 5.56 Å². The van der Waals surface area contributed by atoms with Crippen LogP contribution >= 0.6 is 0 Å². The molecule has 0 saturated heterocycles. The number of nitrogens with two attached hydrogens (primary N) is 1. The van der Waals surface area contributed by atoms with Crippen molar-refractivity contribution in [1.82, 2.24) is 0 Å². The van der Waals surface area contributed by atoms with Gasteiger partial charge in [0, 0.05) is 11.6 Å². The zero-order valence-corrected chi connectivity index (χ0v) is 23.6. The van der Waals surface area contributed by atoms with Gasteiger partial charge in [-0.25, -0.2) is 4.79 Å². The average Bonchev–Trinajstić information content (AvgIpc) is 2.92. The van der Waals surface area contributed by atoms with Crippen LogP contribution in [-0.2, 0) is 4.79 Å². The Morgan fingerprint density at radius 1 is 0.975 bits per heavy atom. The monoisotopic (exact) mass is 540 g/mol. The molecule has 0 aliphatic carbocycles. The molecule has 2 unspecified atom stereocenters. The molecule has 2 N–H and O–H groups in total. The van der Waals surface area contributed by atoms with Gasteiger partial charge in [0.2, 0.25) is 5.88 Å². The smallest absolute Gasteiger partial charge is 0.352 e. The minimum Gasteiger partial charge on any atom is -0.494 e. The van der Waals surface area contributed by atoms with E-state index in [0.29, 0.717) is 35.5 Å². The molecule has 1 aliphatic heterocycles. The van der Waals surface area contributed by atoms with Gasteiger partial charge >= 0.3 is 5.97 Å². The van der Waals surface area contributed by atoms with Crippen LogP contribution in [-0.4, -0.2) is 18.7 Å². The highest BCUT2D eigenvalue weighted by molar-refractivity contribution is 5.77. The SMILES string of the molecule is CC(C)CCOc1cccc(C2C(C#N)=C(N)Oc3cc(OC(=O)C(C)Oc4ccc(C(C)C)cc4)ccc32)c1. The van der Waals surface area contributed by atoms with Gasteiger partial charge in [-0.15, -0.1) is 0 Å². The molecule has 208 valence electrons. The van der Waals surface area contributed by atoms with Crippen molar-refractivity contribution < 1.29 is 23.7 Å². The number of carbonyl (C=O) groups excluding carboxylic acids is 1. The third-order valence-corrected chi connectivity index (χ3v) is 6.76. The van der Waals surface area contributed by atoms with Crippen LogP contribution < -0.4 is 24.7 Å². The first-order chi connectivity index (χ1) is 19.2. The van der Waals surface area contributed by atoms with Crippen LogP contribution in [0.4, 0.5) is 0 Å². The molecule has 0 spiro atoms. The second-order valence-corrected chi connectivity index (χ2v) is 10.6. The predicted octanol–water partition coefficient (Wildman–Crippen LogP) is 6.83. The Morgan fingerprint density at radius 2 is 1.70 bits per heavy atom. The first-order valence-electron chi connectivity index (χ1n) is 13.6. The number of allylic oxidation sites excluding steroid dienone is 1. The number of esters is 1. The summed E-state index contributed by atoms with van der Waals surface area (Å²) in [6.45, 7) is 10.8. The van der Waals surface area contributed by atoms with Crippen LogP contribution in [0.15, 0.2) is 78.2 Å². The summed E-state index contributed by atoms with van der Waals surface area (Å²) in [5.41, 5.74) is 9.25. The van der Waals surface area contributed by atoms with Gasteiger partial charge < -0.3 is 24.7 Å². The molecule has 0 aromatic heterocycles. The molecule has 40 heavy (non-hydrogen) atoms. The normalized spacial score (nSPS) is 15.2. The van der Waals surface area contributed by atoms with Crippen molar-refractivity contribution in [2.75, 3.05) is 6.61 Å². The van der Waals surface area contributed by atoms with Crippen LogP contribution in [0.1, 0.15) is 69.6 Å². The number of hydrogen-bond acceptors (Lipinski definition) is 7. The highest BCUT2D eigenvalue weighted by Crippen LogP contribution is 2.44. The van der Waals surface area contributed by atoms with Gasteiger partial charge in [-0.2, -0.15) is 5.26 Å². The lowest BCUT2D eigenvalue weighted by atomic mass is 9.83. The Hall–Kier alpha value is -4.44. The molecular weight excluding hydrogens is 504 g/mol. The fraction of sp³-hybridized carbons (Fsp3) is 0.333. The quantitative estimate of drug-likeness (QED) is 0.222. The third kappa shape index (κ3) is 6.76. The fourth-order valence-corrected chi connectivity index (χ4v) is 4.42. The number of rotatable bonds is 10. The number of benzene rings is 3. The first-order valence-corrected chi connectivity index (χ1v) is 13.6. The highest BCUT2D eigenvalue weighted by Gasteiger charge is 2.31. The van der Waals surface area contributed by atoms with Gasteiger partial charge in [-0.1, -0.05) is 58.0 Å². The summed E-state index contributed by atoms with van der Waals surface area (Å²) >= 11 is 0. The van der Waals surface area contributed by atoms with E-state index in [2.05, 4.69) is 33.8 Å². The molecule has 7 heteroatoms. The number of fused-ring (bicyclic) bond motifs is 1. The van der Waals surface area contributed by atoms with Crippen molar-refractivity contribution >= 4 is 5.97 Å². The van der Waals surface area contributed by atoms with E-state index in [-0.39, 0.29) is 11.6 Å². The summed E-state index contributed by atoms with van der Waals surface area (Å²) in [4.78, 5) is 12.8. The largest absolute Gasteiger partial charge is 0.494 e. The maximum absolute atomic E-state index is 12.8. The third-order valence-electron chi connectivity index (χ3n) is 6.76. The number of carbonyl (C=O) groups is 1. The molecular formula is C33H36N2O5. The van der Waals surface area contributed by atoms with E-state index in [1.807, 2.05) is 48.5 Å². The Morgan fingerprint density at radius 3 is 2.38 bits per heavy atom. The number of ether oxygens (including phenoxy) is 4. The van der Waals surface area contributed by atoms with Crippen molar-refractivity contribution in [3.63, 3.8) is 0 Å². The van der Waals surface area contributed by atoms with Gasteiger partial charge in [0.1, 0.15) is 34.6 Å². The molecule has 0 bridgehead atoms. The zero-order chi connectivity index (χ0) is 28.8. The minimum absolute atomic E-state index is 0.0103. The molecule has 2 atom stereocenters. The maximum Gasteiger partial charge on any atom is 0.352 e. The zero-order valence-electron chi connectivity index (χ0n) is 23.6. The maximum atomic E-state index is 12.8. The standard InChI is InChI=1S/C33H36N2O5/c1-20(2)15-16-37-26-8-6-7-24(17-26)31-28-14-13-27(18-30(28)40-32(35)29(31)19-34)39-33(36)22(5)38-25-11-9-23(10-12-25)21(3)4/h6-14,17-18,20-22,31H,15-16,35H2,1-5H3. The Kier molecular flexibility index (Phi) is 9.00. The second-order valence-electron chi connectivity index (χ2n) is 10.6. The van der Waals surface area contributed by atoms with Crippen molar-refractivity contribution in [3.05, 3.63) is 94.9 Å². The molecule has 0 fully saturated rings. The van der Waals surface area contributed by atoms with Gasteiger partial charge in [-0.05, 0) is 66.6 Å². The lowest BCUT2D eigenvalue weighted by molar-refractivity contribution is -0.141.